The van der Waals surface area contributed by atoms with Crippen LogP contribution in [-0.2, 0) is 11.3 Å². The molecule has 3 aromatic rings. The number of aromatic nitrogens is 4. The highest BCUT2D eigenvalue weighted by atomic mass is 16.5. The number of rotatable bonds is 10. The Balaban J connectivity index is 2.11. The van der Waals surface area contributed by atoms with E-state index in [2.05, 4.69) is 20.6 Å². The van der Waals surface area contributed by atoms with Gasteiger partial charge in [-0.15, -0.1) is 5.10 Å². The van der Waals surface area contributed by atoms with Crippen LogP contribution < -0.4 is 19.5 Å². The number of hydrogen-bond acceptors (Lipinski definition) is 8. The van der Waals surface area contributed by atoms with E-state index in [0.29, 0.717) is 48.2 Å². The van der Waals surface area contributed by atoms with E-state index < -0.39 is 0 Å². The van der Waals surface area contributed by atoms with Gasteiger partial charge in [-0.05, 0) is 24.3 Å². The van der Waals surface area contributed by atoms with Gasteiger partial charge in [0.2, 0.25) is 5.75 Å². The number of hydrogen-bond donors (Lipinski definition) is 1. The Bertz CT molecular complexity index is 997. The Morgan fingerprint density at radius 1 is 1.06 bits per heavy atom. The quantitative estimate of drug-likeness (QED) is 0.488. The minimum atomic E-state index is -0.368. The third-order valence-electron chi connectivity index (χ3n) is 4.52. The lowest BCUT2D eigenvalue weighted by atomic mass is 10.1. The van der Waals surface area contributed by atoms with Gasteiger partial charge in [0.05, 0.1) is 40.2 Å². The third kappa shape index (κ3) is 4.92. The van der Waals surface area contributed by atoms with Gasteiger partial charge < -0.3 is 24.3 Å². The number of nitrogens with zero attached hydrogens (tertiary/aromatic N) is 4. The first-order chi connectivity index (χ1) is 15.1. The summed E-state index contributed by atoms with van der Waals surface area (Å²) < 4.78 is 23.0. The molecule has 10 heteroatoms. The highest BCUT2D eigenvalue weighted by Crippen LogP contribution is 2.41. The van der Waals surface area contributed by atoms with E-state index >= 15 is 0 Å². The van der Waals surface area contributed by atoms with Gasteiger partial charge in [-0.25, -0.2) is 4.68 Å². The molecule has 10 nitrogen and oxygen atoms in total. The van der Waals surface area contributed by atoms with Gasteiger partial charge in [-0.3, -0.25) is 9.78 Å². The van der Waals surface area contributed by atoms with E-state index in [1.165, 1.54) is 21.3 Å². The van der Waals surface area contributed by atoms with Crippen molar-refractivity contribution in [2.75, 3.05) is 41.6 Å². The fraction of sp³-hybridized carbons (Fsp3) is 0.333. The topological polar surface area (TPSA) is 110 Å². The zero-order chi connectivity index (χ0) is 22.2. The van der Waals surface area contributed by atoms with Crippen molar-refractivity contribution in [3.05, 3.63) is 47.9 Å². The second-order valence-electron chi connectivity index (χ2n) is 6.43. The van der Waals surface area contributed by atoms with E-state index in [1.54, 1.807) is 30.1 Å². The molecule has 3 rings (SSSR count). The maximum Gasteiger partial charge on any atom is 0.274 e. The SMILES string of the molecule is COCCNC(=O)c1nnn(Cc2ccccn2)c1-c1cc(OC)c(OC)c(OC)c1. The van der Waals surface area contributed by atoms with Crippen LogP contribution in [0.5, 0.6) is 17.2 Å². The first-order valence-electron chi connectivity index (χ1n) is 9.53. The van der Waals surface area contributed by atoms with Crippen LogP contribution >= 0.6 is 0 Å². The summed E-state index contributed by atoms with van der Waals surface area (Å²) in [5.74, 6) is 0.984. The molecule has 0 unspecified atom stereocenters. The maximum absolute atomic E-state index is 12.8. The molecule has 31 heavy (non-hydrogen) atoms. The fourth-order valence-electron chi connectivity index (χ4n) is 3.08. The Labute approximate surface area is 180 Å². The van der Waals surface area contributed by atoms with Crippen molar-refractivity contribution in [3.8, 4) is 28.5 Å². The van der Waals surface area contributed by atoms with Gasteiger partial charge in [-0.1, -0.05) is 11.3 Å². The molecule has 2 aromatic heterocycles. The van der Waals surface area contributed by atoms with Crippen LogP contribution in [0.2, 0.25) is 0 Å². The molecule has 1 N–H and O–H groups in total. The molecule has 1 aromatic carbocycles. The van der Waals surface area contributed by atoms with Crippen LogP contribution in [0, 0.1) is 0 Å². The summed E-state index contributed by atoms with van der Waals surface area (Å²) in [6, 6.07) is 9.09. The summed E-state index contributed by atoms with van der Waals surface area (Å²) in [6.45, 7) is 1.05. The molecule has 0 spiro atoms. The maximum atomic E-state index is 12.8. The molecular formula is C21H25N5O5. The van der Waals surface area contributed by atoms with Crippen LogP contribution in [0.25, 0.3) is 11.3 Å². The molecule has 0 fully saturated rings. The number of carbonyl (C=O) groups is 1. The first-order valence-corrected chi connectivity index (χ1v) is 9.53. The summed E-state index contributed by atoms with van der Waals surface area (Å²) in [4.78, 5) is 17.2. The first kappa shape index (κ1) is 22.0. The largest absolute Gasteiger partial charge is 0.493 e. The van der Waals surface area contributed by atoms with Gasteiger partial charge >= 0.3 is 0 Å². The number of methoxy groups -OCH3 is 4. The minimum absolute atomic E-state index is 0.168. The van der Waals surface area contributed by atoms with Crippen LogP contribution in [0.4, 0.5) is 0 Å². The van der Waals surface area contributed by atoms with Gasteiger partial charge in [0.1, 0.15) is 5.69 Å². The molecular weight excluding hydrogens is 402 g/mol. The van der Waals surface area contributed by atoms with Crippen molar-refractivity contribution in [1.82, 2.24) is 25.3 Å². The normalized spacial score (nSPS) is 10.6. The standard InChI is InChI=1S/C21H25N5O5/c1-28-10-9-23-21(27)18-19(26(25-24-18)13-15-7-5-6-8-22-15)14-11-16(29-2)20(31-4)17(12-14)30-3/h5-8,11-12H,9-10,13H2,1-4H3,(H,23,27). The fourth-order valence-corrected chi connectivity index (χ4v) is 3.08. The van der Waals surface area contributed by atoms with Gasteiger partial charge in [0.25, 0.3) is 5.91 Å². The predicted molar refractivity (Wildman–Crippen MR) is 113 cm³/mol. The summed E-state index contributed by atoms with van der Waals surface area (Å²) in [5, 5.41) is 11.1. The molecule has 0 saturated heterocycles. The molecule has 0 bridgehead atoms. The second kappa shape index (κ2) is 10.4. The molecule has 0 atom stereocenters. The van der Waals surface area contributed by atoms with Crippen molar-refractivity contribution >= 4 is 5.91 Å². The third-order valence-corrected chi connectivity index (χ3v) is 4.52. The average molecular weight is 427 g/mol. The van der Waals surface area contributed by atoms with Crippen molar-refractivity contribution in [2.24, 2.45) is 0 Å². The minimum Gasteiger partial charge on any atom is -0.493 e. The monoisotopic (exact) mass is 427 g/mol. The lowest BCUT2D eigenvalue weighted by Crippen LogP contribution is -2.27. The second-order valence-corrected chi connectivity index (χ2v) is 6.43. The Hall–Kier alpha value is -3.66. The average Bonchev–Trinajstić information content (AvgIpc) is 3.22. The van der Waals surface area contributed by atoms with Crippen LogP contribution in [-0.4, -0.2) is 67.5 Å². The van der Waals surface area contributed by atoms with E-state index in [4.69, 9.17) is 18.9 Å². The van der Waals surface area contributed by atoms with Crippen LogP contribution in [0.15, 0.2) is 36.5 Å². The number of amides is 1. The van der Waals surface area contributed by atoms with Gasteiger partial charge in [0.15, 0.2) is 17.2 Å². The molecule has 0 aliphatic carbocycles. The van der Waals surface area contributed by atoms with E-state index in [1.807, 2.05) is 18.2 Å². The van der Waals surface area contributed by atoms with Gasteiger partial charge in [-0.2, -0.15) is 0 Å². The molecule has 0 saturated carbocycles. The van der Waals surface area contributed by atoms with Gasteiger partial charge in [0, 0.05) is 25.4 Å². The highest BCUT2D eigenvalue weighted by molar-refractivity contribution is 5.98. The smallest absolute Gasteiger partial charge is 0.274 e. The summed E-state index contributed by atoms with van der Waals surface area (Å²) in [6.07, 6.45) is 1.70. The molecule has 0 radical (unpaired) electrons. The lowest BCUT2D eigenvalue weighted by Gasteiger charge is -2.15. The number of nitrogens with one attached hydrogen (secondary N) is 1. The Morgan fingerprint density at radius 3 is 2.39 bits per heavy atom. The molecule has 0 aliphatic rings. The zero-order valence-corrected chi connectivity index (χ0v) is 17.9. The van der Waals surface area contributed by atoms with Crippen molar-refractivity contribution in [2.45, 2.75) is 6.54 Å². The summed E-state index contributed by atoms with van der Waals surface area (Å²) in [7, 11) is 6.16. The summed E-state index contributed by atoms with van der Waals surface area (Å²) >= 11 is 0. The molecule has 0 aliphatic heterocycles. The Kier molecular flexibility index (Phi) is 7.39. The van der Waals surface area contributed by atoms with E-state index in [0.717, 1.165) is 5.69 Å². The number of pyridine rings is 1. The predicted octanol–water partition coefficient (Wildman–Crippen LogP) is 1.79. The molecule has 164 valence electrons. The molecule has 1 amide bonds. The number of ether oxygens (including phenoxy) is 4. The van der Waals surface area contributed by atoms with E-state index in [9.17, 15) is 4.79 Å². The summed E-state index contributed by atoms with van der Waals surface area (Å²) in [5.41, 5.74) is 2.07. The number of benzene rings is 1. The van der Waals surface area contributed by atoms with Crippen molar-refractivity contribution in [1.29, 1.82) is 0 Å². The highest BCUT2D eigenvalue weighted by Gasteiger charge is 2.24. The van der Waals surface area contributed by atoms with Crippen LogP contribution in [0.3, 0.4) is 0 Å². The molecule has 2 heterocycles. The van der Waals surface area contributed by atoms with Crippen molar-refractivity contribution in [3.63, 3.8) is 0 Å². The Morgan fingerprint density at radius 2 is 1.81 bits per heavy atom. The lowest BCUT2D eigenvalue weighted by molar-refractivity contribution is 0.0932. The zero-order valence-electron chi connectivity index (χ0n) is 17.9. The van der Waals surface area contributed by atoms with Crippen molar-refractivity contribution < 1.29 is 23.7 Å². The number of carbonyl (C=O) groups excluding carboxylic acids is 1. The van der Waals surface area contributed by atoms with E-state index in [-0.39, 0.29) is 11.6 Å². The van der Waals surface area contributed by atoms with Crippen LogP contribution in [0.1, 0.15) is 16.2 Å².